The molecule has 2 fully saturated rings. The summed E-state index contributed by atoms with van der Waals surface area (Å²) in [6.07, 6.45) is 10.8. The molecule has 1 aliphatic heterocycles. The zero-order chi connectivity index (χ0) is 34.5. The van der Waals surface area contributed by atoms with E-state index >= 15 is 0 Å². The van der Waals surface area contributed by atoms with Crippen LogP contribution in [-0.4, -0.2) is 41.0 Å². The van der Waals surface area contributed by atoms with E-state index in [0.29, 0.717) is 13.2 Å². The van der Waals surface area contributed by atoms with Gasteiger partial charge >= 0.3 is 33.9 Å². The molecule has 9 heteroatoms. The Kier molecular flexibility index (Phi) is 17.1. The van der Waals surface area contributed by atoms with Crippen LogP contribution in [0.4, 0.5) is 0 Å². The Labute approximate surface area is 293 Å². The Morgan fingerprint density at radius 1 is 0.809 bits per heavy atom. The van der Waals surface area contributed by atoms with Crippen LogP contribution in [-0.2, 0) is 49.7 Å². The maximum Gasteiger partial charge on any atom is 0 e. The molecule has 5 rings (SSSR count). The molecular weight excluding hydrogens is 652 g/mol. The molecule has 1 saturated heterocycles. The second-order valence-corrected chi connectivity index (χ2v) is 17.7. The maximum atomic E-state index is 7.50. The van der Waals surface area contributed by atoms with Crippen molar-refractivity contribution in [2.45, 2.75) is 84.0 Å². The molecule has 0 aromatic heterocycles. The molecule has 2 aromatic rings. The zero-order valence-corrected chi connectivity index (χ0v) is 30.6. The fourth-order valence-electron chi connectivity index (χ4n) is 7.85. The smallest absolute Gasteiger partial charge is 0 e. The van der Waals surface area contributed by atoms with Crippen molar-refractivity contribution in [1.29, 1.82) is 0 Å². The van der Waals surface area contributed by atoms with Gasteiger partial charge in [0.15, 0.2) is 5.79 Å². The molecule has 2 aliphatic carbocycles. The van der Waals surface area contributed by atoms with Crippen molar-refractivity contribution in [2.75, 3.05) is 26.9 Å². The minimum Gasteiger partial charge on any atom is 0 e. The molecule has 0 N–H and O–H groups in total. The van der Waals surface area contributed by atoms with Crippen molar-refractivity contribution < 1.29 is 49.7 Å². The number of hydrogen-bond donors (Lipinski definition) is 0. The van der Waals surface area contributed by atoms with Crippen molar-refractivity contribution in [3.8, 4) is 0 Å². The third kappa shape index (κ3) is 8.97. The molecule has 254 valence electrons. The summed E-state index contributed by atoms with van der Waals surface area (Å²) in [5, 5.41) is 2.64. The fourth-order valence-corrected chi connectivity index (χ4v) is 12.4. The average molecular weight is 701 g/mol. The van der Waals surface area contributed by atoms with Crippen molar-refractivity contribution in [3.63, 3.8) is 0 Å². The van der Waals surface area contributed by atoms with Crippen LogP contribution in [0.1, 0.15) is 73.1 Å². The van der Waals surface area contributed by atoms with Gasteiger partial charge in [-0.25, -0.2) is 0 Å². The quantitative estimate of drug-likeness (QED) is 0.168. The van der Waals surface area contributed by atoms with Gasteiger partial charge in [0.25, 0.3) is 8.32 Å². The largest absolute Gasteiger partial charge is 0 e. The molecule has 3 aliphatic rings. The minimum atomic E-state index is -2.60. The molecule has 0 amide bonds. The Bertz CT molecular complexity index is 1290. The molecule has 0 bridgehead atoms. The Hall–Kier alpha value is -2.44. The van der Waals surface area contributed by atoms with E-state index in [1.807, 2.05) is 0 Å². The molecule has 7 nitrogen and oxygen atoms in total. The van der Waals surface area contributed by atoms with Crippen LogP contribution in [0.3, 0.4) is 0 Å². The molecule has 1 spiro atoms. The van der Waals surface area contributed by atoms with E-state index in [-0.39, 0.29) is 38.7 Å². The predicted octanol–water partition coefficient (Wildman–Crippen LogP) is 7.03. The van der Waals surface area contributed by atoms with Crippen LogP contribution in [0.25, 0.3) is 0 Å². The topological polar surface area (TPSA) is 96.6 Å². The van der Waals surface area contributed by atoms with Gasteiger partial charge in [-0.2, -0.15) is 0 Å². The van der Waals surface area contributed by atoms with E-state index in [1.165, 1.54) is 15.9 Å². The molecule has 1 unspecified atom stereocenters. The first-order valence-electron chi connectivity index (χ1n) is 15.7. The SMILES string of the molecule is COC1=CCC(C)(C2(CCO[Si](c3ccccc3)(c3ccccc3)C(C)(C)C)CCC3(CC2)OCCO3)C=C1C.[C-]#[O+].[C-]#[O+].[C-]#[O+].[Fe]. The van der Waals surface area contributed by atoms with Crippen LogP contribution in [0.2, 0.25) is 5.04 Å². The fraction of sp³-hybridized carbons (Fsp3) is 0.500. The Balaban J connectivity index is 0.00000149. The van der Waals surface area contributed by atoms with Gasteiger partial charge in [0.1, 0.15) is 5.76 Å². The molecule has 1 heterocycles. The second-order valence-electron chi connectivity index (χ2n) is 13.4. The molecule has 0 radical (unpaired) electrons. The summed E-state index contributed by atoms with van der Waals surface area (Å²) in [6.45, 7) is 27.4. The third-order valence-corrected chi connectivity index (χ3v) is 15.2. The number of hydrogen-bond acceptors (Lipinski definition) is 4. The minimum absolute atomic E-state index is 0. The van der Waals surface area contributed by atoms with Crippen molar-refractivity contribution in [3.05, 3.63) is 104 Å². The molecule has 1 atom stereocenters. The summed E-state index contributed by atoms with van der Waals surface area (Å²) in [4.78, 5) is 0. The van der Waals surface area contributed by atoms with Gasteiger partial charge in [-0.05, 0) is 70.5 Å². The average Bonchev–Trinajstić information content (AvgIpc) is 3.55. The van der Waals surface area contributed by atoms with E-state index in [0.717, 1.165) is 50.9 Å². The molecule has 2 aromatic carbocycles. The molecule has 47 heavy (non-hydrogen) atoms. The van der Waals surface area contributed by atoms with Gasteiger partial charge in [-0.3, -0.25) is 0 Å². The summed E-state index contributed by atoms with van der Waals surface area (Å²) in [5.74, 6) is 0.616. The van der Waals surface area contributed by atoms with Gasteiger partial charge in [0.2, 0.25) is 0 Å². The van der Waals surface area contributed by atoms with E-state index in [1.54, 1.807) is 7.11 Å². The van der Waals surface area contributed by atoms with Crippen molar-refractivity contribution in [2.24, 2.45) is 10.8 Å². The Morgan fingerprint density at radius 2 is 1.28 bits per heavy atom. The monoisotopic (exact) mass is 700 g/mol. The van der Waals surface area contributed by atoms with Crippen LogP contribution in [0, 0.1) is 30.8 Å². The summed E-state index contributed by atoms with van der Waals surface area (Å²) in [5.41, 5.74) is 1.32. The van der Waals surface area contributed by atoms with Crippen LogP contribution in [0.5, 0.6) is 0 Å². The van der Waals surface area contributed by atoms with E-state index in [9.17, 15) is 0 Å². The van der Waals surface area contributed by atoms with E-state index in [2.05, 4.69) is 127 Å². The van der Waals surface area contributed by atoms with Crippen LogP contribution < -0.4 is 10.4 Å². The maximum absolute atomic E-state index is 7.50. The standard InChI is InChI=1S/C35H48O4Si.3CO.Fe/c1-28-27-33(5,18-17-31(28)36-6)34(19-21-35(22-20-34)37-25-26-38-35)23-24-39-40(32(2,3)4,29-13-9-7-10-14-29)30-15-11-8-12-16-30;3*1-2;/h7-17,27H,18-26H2,1-6H3;;;;. The first kappa shape index (κ1) is 42.6. The van der Waals surface area contributed by atoms with Gasteiger partial charge < -0.3 is 18.6 Å². The number of benzene rings is 2. The van der Waals surface area contributed by atoms with Gasteiger partial charge in [0, 0.05) is 36.5 Å². The van der Waals surface area contributed by atoms with Gasteiger partial charge in [-0.15, -0.1) is 0 Å². The number of ether oxygens (including phenoxy) is 3. The van der Waals surface area contributed by atoms with Gasteiger partial charge in [0.05, 0.1) is 20.3 Å². The summed E-state index contributed by atoms with van der Waals surface area (Å²) in [6, 6.07) is 22.0. The van der Waals surface area contributed by atoms with Gasteiger partial charge in [-0.1, -0.05) is 94.4 Å². The summed E-state index contributed by atoms with van der Waals surface area (Å²) < 4.78 is 48.0. The van der Waals surface area contributed by atoms with E-state index < -0.39 is 8.32 Å². The normalized spacial score (nSPS) is 20.9. The number of allylic oxidation sites excluding steroid dienone is 3. The molecule has 1 saturated carbocycles. The first-order valence-corrected chi connectivity index (χ1v) is 17.6. The van der Waals surface area contributed by atoms with Crippen LogP contribution >= 0.6 is 0 Å². The second kappa shape index (κ2) is 18.9. The predicted molar refractivity (Wildman–Crippen MR) is 177 cm³/mol. The number of rotatable bonds is 8. The van der Waals surface area contributed by atoms with Crippen molar-refractivity contribution >= 4 is 18.7 Å². The number of methoxy groups -OCH3 is 1. The Morgan fingerprint density at radius 3 is 1.68 bits per heavy atom. The first-order chi connectivity index (χ1) is 22.1. The van der Waals surface area contributed by atoms with Crippen LogP contribution in [0.15, 0.2) is 84.1 Å². The molecular formula is C38H48FeO7Si. The summed E-state index contributed by atoms with van der Waals surface area (Å²) >= 11 is 0. The van der Waals surface area contributed by atoms with Crippen molar-refractivity contribution in [1.82, 2.24) is 0 Å². The third-order valence-electron chi connectivity index (χ3n) is 10.2. The summed E-state index contributed by atoms with van der Waals surface area (Å²) in [7, 11) is -0.823. The van der Waals surface area contributed by atoms with E-state index in [4.69, 9.17) is 32.6 Å². The zero-order valence-electron chi connectivity index (χ0n) is 28.5.